The van der Waals surface area contributed by atoms with Gasteiger partial charge in [0.05, 0.1) is 0 Å². The number of nitrogens with zero attached hydrogens (tertiary/aromatic N) is 1. The normalized spacial score (nSPS) is 35.0. The summed E-state index contributed by atoms with van der Waals surface area (Å²) < 4.78 is 0. The summed E-state index contributed by atoms with van der Waals surface area (Å²) in [6, 6.07) is 0.649. The Hall–Kier alpha value is 0.0249. The van der Waals surface area contributed by atoms with Crippen LogP contribution in [0.1, 0.15) is 81.6 Å². The summed E-state index contributed by atoms with van der Waals surface area (Å²) in [6.07, 6.45) is 3.81. The van der Waals surface area contributed by atoms with Crippen LogP contribution < -0.4 is 0 Å². The zero-order valence-electron chi connectivity index (χ0n) is 15.8. The van der Waals surface area contributed by atoms with E-state index in [4.69, 9.17) is 0 Å². The van der Waals surface area contributed by atoms with Gasteiger partial charge in [-0.05, 0) is 65.2 Å². The van der Waals surface area contributed by atoms with Crippen molar-refractivity contribution in [2.75, 3.05) is 0 Å². The Bertz CT molecular complexity index is 332. The van der Waals surface area contributed by atoms with Crippen LogP contribution in [0.4, 0.5) is 0 Å². The van der Waals surface area contributed by atoms with Crippen LogP contribution in [-0.2, 0) is 0 Å². The highest BCUT2D eigenvalue weighted by molar-refractivity contribution is 6.12. The van der Waals surface area contributed by atoms with Gasteiger partial charge in [0.15, 0.2) is 0 Å². The van der Waals surface area contributed by atoms with Gasteiger partial charge in [-0.25, -0.2) is 0 Å². The molecule has 3 unspecified atom stereocenters. The van der Waals surface area contributed by atoms with E-state index in [0.29, 0.717) is 11.5 Å². The lowest BCUT2D eigenvalue weighted by atomic mass is 9.55. The number of hydrogen-bond acceptors (Lipinski definition) is 1. The Morgan fingerprint density at radius 1 is 1.10 bits per heavy atom. The van der Waals surface area contributed by atoms with Crippen LogP contribution >= 0.6 is 0 Å². The fraction of sp³-hybridized carbons (Fsp3) is 1.00. The maximum atomic E-state index is 2.82. The first-order valence-electron chi connectivity index (χ1n) is 8.64. The summed E-state index contributed by atoms with van der Waals surface area (Å²) in [4.78, 5) is 2.82. The molecule has 0 spiro atoms. The van der Waals surface area contributed by atoms with Crippen LogP contribution in [0, 0.1) is 11.3 Å². The van der Waals surface area contributed by atoms with Crippen molar-refractivity contribution in [1.29, 1.82) is 0 Å². The third-order valence-corrected chi connectivity index (χ3v) is 6.13. The topological polar surface area (TPSA) is 3.24 Å². The first-order chi connectivity index (χ1) is 8.85. The average Bonchev–Trinajstić information content (AvgIpc) is 2.23. The maximum Gasteiger partial charge on any atom is 0.106 e. The molecule has 0 N–H and O–H groups in total. The Balaban J connectivity index is 3.27. The number of rotatable bonds is 2. The minimum Gasteiger partial charge on any atom is -0.290 e. The van der Waals surface area contributed by atoms with Gasteiger partial charge in [-0.2, -0.15) is 0 Å². The zero-order valence-corrected chi connectivity index (χ0v) is 15.8. The van der Waals surface area contributed by atoms with Gasteiger partial charge in [0.2, 0.25) is 0 Å². The van der Waals surface area contributed by atoms with Gasteiger partial charge < -0.3 is 0 Å². The van der Waals surface area contributed by atoms with Crippen LogP contribution in [0.3, 0.4) is 0 Å². The summed E-state index contributed by atoms with van der Waals surface area (Å²) >= 11 is 0. The minimum atomic E-state index is 0.261. The molecule has 20 heavy (non-hydrogen) atoms. The molecule has 0 radical (unpaired) electrons. The third-order valence-electron chi connectivity index (χ3n) is 6.13. The third kappa shape index (κ3) is 3.43. The van der Waals surface area contributed by atoms with Crippen LogP contribution in [0.25, 0.3) is 0 Å². The van der Waals surface area contributed by atoms with E-state index < -0.39 is 0 Å². The van der Waals surface area contributed by atoms with E-state index in [1.807, 2.05) is 0 Å². The number of likely N-dealkylation sites (tertiary alicyclic amines) is 1. The molecule has 0 bridgehead atoms. The van der Waals surface area contributed by atoms with Crippen molar-refractivity contribution in [2.45, 2.75) is 105 Å². The van der Waals surface area contributed by atoms with Gasteiger partial charge in [-0.1, -0.05) is 33.5 Å². The molecular weight excluding hydrogens is 241 g/mol. The molecule has 0 amide bonds. The number of hydrogen-bond donors (Lipinski definition) is 0. The fourth-order valence-corrected chi connectivity index (χ4v) is 5.39. The summed E-state index contributed by atoms with van der Waals surface area (Å²) in [5.74, 6) is 1.56. The lowest BCUT2D eigenvalue weighted by molar-refractivity contribution is -0.0687. The predicted molar refractivity (Wildman–Crippen MR) is 94.2 cm³/mol. The van der Waals surface area contributed by atoms with E-state index in [9.17, 15) is 0 Å². The summed E-state index contributed by atoms with van der Waals surface area (Å²) in [6.45, 7) is 22.0. The molecule has 1 heterocycles. The van der Waals surface area contributed by atoms with Crippen molar-refractivity contribution in [3.8, 4) is 0 Å². The summed E-state index contributed by atoms with van der Waals surface area (Å²) in [7, 11) is 2.47. The zero-order chi connectivity index (χ0) is 15.9. The predicted octanol–water partition coefficient (Wildman–Crippen LogP) is 4.52. The molecule has 0 aromatic heterocycles. The first kappa shape index (κ1) is 18.1. The lowest BCUT2D eigenvalue weighted by Gasteiger charge is -2.58. The standard InChI is InChI=1S/C18H38BN/c1-10-14(3)20-17(6,7)11-13(2)15(19)16(4,5)12-18(20,8)9/h13-15H,10-12,19H2,1-9H3. The molecule has 0 aliphatic carbocycles. The molecule has 1 saturated heterocycles. The fourth-order valence-electron chi connectivity index (χ4n) is 5.39. The van der Waals surface area contributed by atoms with Gasteiger partial charge in [0.25, 0.3) is 0 Å². The van der Waals surface area contributed by atoms with E-state index in [2.05, 4.69) is 75.1 Å². The molecule has 1 aliphatic heterocycles. The van der Waals surface area contributed by atoms with Crippen LogP contribution in [0.2, 0.25) is 5.82 Å². The van der Waals surface area contributed by atoms with Gasteiger partial charge in [0, 0.05) is 17.1 Å². The maximum absolute atomic E-state index is 2.82. The second-order valence-corrected chi connectivity index (χ2v) is 9.39. The smallest absolute Gasteiger partial charge is 0.106 e. The quantitative estimate of drug-likeness (QED) is 0.672. The average molecular weight is 279 g/mol. The largest absolute Gasteiger partial charge is 0.290 e. The summed E-state index contributed by atoms with van der Waals surface area (Å²) in [5, 5.41) is 0. The van der Waals surface area contributed by atoms with E-state index >= 15 is 0 Å². The molecule has 1 nitrogen and oxygen atoms in total. The molecule has 0 saturated carbocycles. The Morgan fingerprint density at radius 3 is 2.05 bits per heavy atom. The molecule has 2 heteroatoms. The van der Waals surface area contributed by atoms with E-state index in [1.165, 1.54) is 19.3 Å². The highest BCUT2D eigenvalue weighted by Gasteiger charge is 2.47. The monoisotopic (exact) mass is 279 g/mol. The molecule has 3 atom stereocenters. The molecule has 0 aromatic carbocycles. The highest BCUT2D eigenvalue weighted by atomic mass is 15.3. The lowest BCUT2D eigenvalue weighted by Crippen LogP contribution is -2.62. The van der Waals surface area contributed by atoms with Gasteiger partial charge >= 0.3 is 0 Å². The molecule has 1 fully saturated rings. The Kier molecular flexibility index (Phi) is 5.12. The molecule has 118 valence electrons. The molecule has 1 aliphatic rings. The van der Waals surface area contributed by atoms with Crippen molar-refractivity contribution in [2.24, 2.45) is 11.3 Å². The highest BCUT2D eigenvalue weighted by Crippen LogP contribution is 2.50. The minimum absolute atomic E-state index is 0.261. The Labute approximate surface area is 129 Å². The van der Waals surface area contributed by atoms with E-state index in [1.54, 1.807) is 0 Å². The van der Waals surface area contributed by atoms with Crippen LogP contribution in [0.5, 0.6) is 0 Å². The second-order valence-electron chi connectivity index (χ2n) is 9.39. The van der Waals surface area contributed by atoms with Gasteiger partial charge in [-0.3, -0.25) is 4.90 Å². The van der Waals surface area contributed by atoms with Crippen molar-refractivity contribution in [3.05, 3.63) is 0 Å². The van der Waals surface area contributed by atoms with Crippen molar-refractivity contribution in [3.63, 3.8) is 0 Å². The molecular formula is C18H38BN. The first-order valence-corrected chi connectivity index (χ1v) is 8.64. The van der Waals surface area contributed by atoms with Gasteiger partial charge in [-0.15, -0.1) is 0 Å². The van der Waals surface area contributed by atoms with Crippen molar-refractivity contribution in [1.82, 2.24) is 4.90 Å². The SMILES string of the molecule is BC1C(C)CC(C)(C)N(C(C)CC)C(C)(C)CC1(C)C. The molecule has 0 aromatic rings. The van der Waals surface area contributed by atoms with Gasteiger partial charge in [0.1, 0.15) is 7.85 Å². The van der Waals surface area contributed by atoms with E-state index in [0.717, 1.165) is 11.7 Å². The van der Waals surface area contributed by atoms with E-state index in [-0.39, 0.29) is 11.1 Å². The van der Waals surface area contributed by atoms with Crippen molar-refractivity contribution >= 4 is 7.85 Å². The van der Waals surface area contributed by atoms with Crippen LogP contribution in [-0.4, -0.2) is 29.9 Å². The Morgan fingerprint density at radius 2 is 1.60 bits per heavy atom. The summed E-state index contributed by atoms with van der Waals surface area (Å²) in [5.41, 5.74) is 0.949. The van der Waals surface area contributed by atoms with Crippen molar-refractivity contribution < 1.29 is 0 Å². The van der Waals surface area contributed by atoms with Crippen LogP contribution in [0.15, 0.2) is 0 Å². The second kappa shape index (κ2) is 5.67. The molecule has 1 rings (SSSR count).